The molecule has 2 aromatic rings. The van der Waals surface area contributed by atoms with Gasteiger partial charge in [0.1, 0.15) is 5.82 Å². The van der Waals surface area contributed by atoms with Gasteiger partial charge in [0.2, 0.25) is 11.8 Å². The van der Waals surface area contributed by atoms with E-state index in [9.17, 15) is 14.0 Å². The Morgan fingerprint density at radius 1 is 0.963 bits per heavy atom. The van der Waals surface area contributed by atoms with Gasteiger partial charge in [-0.25, -0.2) is 4.39 Å². The SMILES string of the molecule is Cc1cccc(NC(=O)C2CCC(C(=O)NCc3ccc(F)cc3)CC2)c1. The Labute approximate surface area is 159 Å². The van der Waals surface area contributed by atoms with Crippen LogP contribution in [-0.2, 0) is 16.1 Å². The van der Waals surface area contributed by atoms with Crippen LogP contribution < -0.4 is 10.6 Å². The molecule has 1 aliphatic carbocycles. The summed E-state index contributed by atoms with van der Waals surface area (Å²) in [6.45, 7) is 2.39. The lowest BCUT2D eigenvalue weighted by atomic mass is 9.81. The monoisotopic (exact) mass is 368 g/mol. The minimum absolute atomic E-state index is 0.0110. The summed E-state index contributed by atoms with van der Waals surface area (Å²) in [5.41, 5.74) is 2.80. The summed E-state index contributed by atoms with van der Waals surface area (Å²) in [5, 5.41) is 5.89. The van der Waals surface area contributed by atoms with Crippen LogP contribution in [0.5, 0.6) is 0 Å². The minimum atomic E-state index is -0.285. The van der Waals surface area contributed by atoms with Crippen LogP contribution in [0.15, 0.2) is 48.5 Å². The second-order valence-corrected chi connectivity index (χ2v) is 7.25. The highest BCUT2D eigenvalue weighted by Crippen LogP contribution is 2.30. The predicted molar refractivity (Wildman–Crippen MR) is 104 cm³/mol. The molecule has 0 radical (unpaired) electrons. The number of anilines is 1. The Balaban J connectivity index is 1.44. The van der Waals surface area contributed by atoms with Crippen molar-refractivity contribution in [1.29, 1.82) is 0 Å². The van der Waals surface area contributed by atoms with Crippen molar-refractivity contribution >= 4 is 17.5 Å². The molecule has 3 rings (SSSR count). The first-order valence-corrected chi connectivity index (χ1v) is 9.41. The molecular weight excluding hydrogens is 343 g/mol. The first-order chi connectivity index (χ1) is 13.0. The number of carbonyl (C=O) groups is 2. The molecular formula is C22H25FN2O2. The number of rotatable bonds is 5. The number of hydrogen-bond acceptors (Lipinski definition) is 2. The molecule has 1 aliphatic rings. The van der Waals surface area contributed by atoms with E-state index in [-0.39, 0.29) is 29.5 Å². The van der Waals surface area contributed by atoms with Gasteiger partial charge in [-0.05, 0) is 68.0 Å². The van der Waals surface area contributed by atoms with Gasteiger partial charge in [0, 0.05) is 24.1 Å². The Kier molecular flexibility index (Phi) is 6.22. The third-order valence-electron chi connectivity index (χ3n) is 5.13. The maximum absolute atomic E-state index is 12.9. The fourth-order valence-corrected chi connectivity index (χ4v) is 3.52. The molecule has 5 heteroatoms. The average Bonchev–Trinajstić information content (AvgIpc) is 2.67. The van der Waals surface area contributed by atoms with Gasteiger partial charge in [-0.3, -0.25) is 9.59 Å². The second-order valence-electron chi connectivity index (χ2n) is 7.25. The molecule has 0 atom stereocenters. The third kappa shape index (κ3) is 5.39. The lowest BCUT2D eigenvalue weighted by molar-refractivity contribution is -0.128. The number of benzene rings is 2. The normalized spacial score (nSPS) is 19.3. The molecule has 0 aromatic heterocycles. The molecule has 2 N–H and O–H groups in total. The van der Waals surface area contributed by atoms with Gasteiger partial charge in [0.15, 0.2) is 0 Å². The van der Waals surface area contributed by atoms with Crippen LogP contribution in [0.1, 0.15) is 36.8 Å². The topological polar surface area (TPSA) is 58.2 Å². The van der Waals surface area contributed by atoms with E-state index < -0.39 is 0 Å². The molecule has 0 heterocycles. The highest BCUT2D eigenvalue weighted by atomic mass is 19.1. The Morgan fingerprint density at radius 3 is 2.22 bits per heavy atom. The zero-order chi connectivity index (χ0) is 19.2. The lowest BCUT2D eigenvalue weighted by Crippen LogP contribution is -2.35. The summed E-state index contributed by atoms with van der Waals surface area (Å²) in [5.74, 6) is -0.352. The van der Waals surface area contributed by atoms with Crippen molar-refractivity contribution in [2.24, 2.45) is 11.8 Å². The van der Waals surface area contributed by atoms with Crippen molar-refractivity contribution in [3.63, 3.8) is 0 Å². The number of hydrogen-bond donors (Lipinski definition) is 2. The molecule has 2 amide bonds. The van der Waals surface area contributed by atoms with Crippen molar-refractivity contribution in [3.8, 4) is 0 Å². The summed E-state index contributed by atoms with van der Waals surface area (Å²) in [6.07, 6.45) is 2.85. The number of amides is 2. The van der Waals surface area contributed by atoms with E-state index >= 15 is 0 Å². The van der Waals surface area contributed by atoms with Crippen LogP contribution in [0.4, 0.5) is 10.1 Å². The molecule has 1 saturated carbocycles. The van der Waals surface area contributed by atoms with E-state index in [4.69, 9.17) is 0 Å². The molecule has 0 bridgehead atoms. The van der Waals surface area contributed by atoms with Crippen LogP contribution in [0.3, 0.4) is 0 Å². The molecule has 0 aliphatic heterocycles. The maximum atomic E-state index is 12.9. The zero-order valence-corrected chi connectivity index (χ0v) is 15.5. The van der Waals surface area contributed by atoms with Gasteiger partial charge in [-0.1, -0.05) is 24.3 Å². The molecule has 142 valence electrons. The molecule has 1 fully saturated rings. The van der Waals surface area contributed by atoms with E-state index in [1.165, 1.54) is 12.1 Å². The summed E-state index contributed by atoms with van der Waals surface area (Å²) >= 11 is 0. The van der Waals surface area contributed by atoms with Crippen molar-refractivity contribution in [1.82, 2.24) is 5.32 Å². The standard InChI is InChI=1S/C22H25FN2O2/c1-15-3-2-4-20(13-15)25-22(27)18-9-7-17(8-10-18)21(26)24-14-16-5-11-19(23)12-6-16/h2-6,11-13,17-18H,7-10,14H2,1H3,(H,24,26)(H,25,27). The van der Waals surface area contributed by atoms with Crippen LogP contribution in [-0.4, -0.2) is 11.8 Å². The van der Waals surface area contributed by atoms with Crippen molar-refractivity contribution in [2.75, 3.05) is 5.32 Å². The summed E-state index contributed by atoms with van der Waals surface area (Å²) < 4.78 is 12.9. The van der Waals surface area contributed by atoms with E-state index in [1.807, 2.05) is 31.2 Å². The van der Waals surface area contributed by atoms with E-state index in [2.05, 4.69) is 10.6 Å². The van der Waals surface area contributed by atoms with Crippen molar-refractivity contribution in [3.05, 3.63) is 65.5 Å². The lowest BCUT2D eigenvalue weighted by Gasteiger charge is -2.27. The van der Waals surface area contributed by atoms with Gasteiger partial charge in [-0.15, -0.1) is 0 Å². The zero-order valence-electron chi connectivity index (χ0n) is 15.5. The minimum Gasteiger partial charge on any atom is -0.352 e. The number of halogens is 1. The van der Waals surface area contributed by atoms with Gasteiger partial charge in [0.25, 0.3) is 0 Å². The highest BCUT2D eigenvalue weighted by Gasteiger charge is 2.29. The van der Waals surface area contributed by atoms with Crippen molar-refractivity contribution in [2.45, 2.75) is 39.2 Å². The first-order valence-electron chi connectivity index (χ1n) is 9.41. The molecule has 0 unspecified atom stereocenters. The smallest absolute Gasteiger partial charge is 0.227 e. The second kappa shape index (κ2) is 8.80. The summed E-state index contributed by atoms with van der Waals surface area (Å²) in [4.78, 5) is 24.8. The number of aryl methyl sites for hydroxylation is 1. The van der Waals surface area contributed by atoms with Gasteiger partial charge in [-0.2, -0.15) is 0 Å². The largest absolute Gasteiger partial charge is 0.352 e. The van der Waals surface area contributed by atoms with Gasteiger partial charge >= 0.3 is 0 Å². The van der Waals surface area contributed by atoms with Gasteiger partial charge < -0.3 is 10.6 Å². The van der Waals surface area contributed by atoms with E-state index in [0.29, 0.717) is 32.2 Å². The Hall–Kier alpha value is -2.69. The molecule has 4 nitrogen and oxygen atoms in total. The van der Waals surface area contributed by atoms with Crippen LogP contribution >= 0.6 is 0 Å². The average molecular weight is 368 g/mol. The fourth-order valence-electron chi connectivity index (χ4n) is 3.52. The highest BCUT2D eigenvalue weighted by molar-refractivity contribution is 5.92. The van der Waals surface area contributed by atoms with Crippen LogP contribution in [0.2, 0.25) is 0 Å². The van der Waals surface area contributed by atoms with E-state index in [0.717, 1.165) is 16.8 Å². The number of carbonyl (C=O) groups excluding carboxylic acids is 2. The Morgan fingerprint density at radius 2 is 1.59 bits per heavy atom. The third-order valence-corrected chi connectivity index (χ3v) is 5.13. The molecule has 0 spiro atoms. The summed E-state index contributed by atoms with van der Waals surface area (Å²) in [7, 11) is 0. The van der Waals surface area contributed by atoms with Crippen LogP contribution in [0, 0.1) is 24.6 Å². The predicted octanol–water partition coefficient (Wildman–Crippen LogP) is 4.20. The molecule has 2 aromatic carbocycles. The van der Waals surface area contributed by atoms with E-state index in [1.54, 1.807) is 12.1 Å². The number of nitrogens with one attached hydrogen (secondary N) is 2. The van der Waals surface area contributed by atoms with Crippen LogP contribution in [0.25, 0.3) is 0 Å². The fraction of sp³-hybridized carbons (Fsp3) is 0.364. The molecule has 27 heavy (non-hydrogen) atoms. The molecule has 0 saturated heterocycles. The maximum Gasteiger partial charge on any atom is 0.227 e. The van der Waals surface area contributed by atoms with Crippen molar-refractivity contribution < 1.29 is 14.0 Å². The Bertz CT molecular complexity index is 796. The van der Waals surface area contributed by atoms with Gasteiger partial charge in [0.05, 0.1) is 0 Å². The first kappa shape index (κ1) is 19.1. The quantitative estimate of drug-likeness (QED) is 0.831. The summed E-state index contributed by atoms with van der Waals surface area (Å²) in [6, 6.07) is 13.9.